The van der Waals surface area contributed by atoms with Crippen LogP contribution in [-0.4, -0.2) is 48.2 Å². The molecule has 3 N–H and O–H groups in total. The molecule has 2 heterocycles. The fourth-order valence-electron chi connectivity index (χ4n) is 4.30. The number of benzene rings is 1. The number of aliphatic hydroxyl groups is 1. The molecule has 0 radical (unpaired) electrons. The molecule has 1 aromatic carbocycles. The van der Waals surface area contributed by atoms with Gasteiger partial charge in [-0.25, -0.2) is 4.39 Å². The standard InChI is InChI=1S/C23H25FN4O2/c24-21-2-1-15(9-18(21)12-25)17-10-16-3-6-26-13-20(16)22(11-17)27-19-4-7-28(8-5-19)23(30)14-29/h2-3,9-11,13,15,19,26-27,29H,1,4-8,14H2. The van der Waals surface area contributed by atoms with Crippen LogP contribution in [-0.2, 0) is 4.79 Å². The van der Waals surface area contributed by atoms with Crippen molar-refractivity contribution in [3.05, 3.63) is 51.7 Å². The number of rotatable bonds is 4. The van der Waals surface area contributed by atoms with Crippen LogP contribution >= 0.6 is 0 Å². The highest BCUT2D eigenvalue weighted by atomic mass is 19.1. The van der Waals surface area contributed by atoms with Crippen LogP contribution in [0.3, 0.4) is 0 Å². The van der Waals surface area contributed by atoms with E-state index in [1.54, 1.807) is 11.0 Å². The Morgan fingerprint density at radius 3 is 2.87 bits per heavy atom. The fraction of sp³-hybridized carbons (Fsp3) is 0.391. The third-order valence-electron chi connectivity index (χ3n) is 5.99. The van der Waals surface area contributed by atoms with Gasteiger partial charge in [0, 0.05) is 48.7 Å². The van der Waals surface area contributed by atoms with Crippen molar-refractivity contribution in [2.24, 2.45) is 0 Å². The van der Waals surface area contributed by atoms with Crippen molar-refractivity contribution in [3.8, 4) is 6.07 Å². The van der Waals surface area contributed by atoms with Gasteiger partial charge in [-0.05, 0) is 42.2 Å². The molecule has 0 bridgehead atoms. The Morgan fingerprint density at radius 1 is 1.33 bits per heavy atom. The summed E-state index contributed by atoms with van der Waals surface area (Å²) < 4.78 is 13.8. The van der Waals surface area contributed by atoms with Crippen molar-refractivity contribution in [3.63, 3.8) is 0 Å². The summed E-state index contributed by atoms with van der Waals surface area (Å²) in [5.74, 6) is -0.715. The predicted octanol–water partition coefficient (Wildman–Crippen LogP) is 0.994. The van der Waals surface area contributed by atoms with Gasteiger partial charge in [0.15, 0.2) is 0 Å². The summed E-state index contributed by atoms with van der Waals surface area (Å²) in [6, 6.07) is 6.37. The molecule has 1 aliphatic carbocycles. The molecule has 3 aliphatic rings. The molecule has 6 nitrogen and oxygen atoms in total. The first-order chi connectivity index (χ1) is 14.6. The van der Waals surface area contributed by atoms with Gasteiger partial charge in [-0.1, -0.05) is 18.2 Å². The number of amides is 1. The Balaban J connectivity index is 1.60. The number of anilines is 1. The zero-order valence-electron chi connectivity index (χ0n) is 16.7. The third kappa shape index (κ3) is 4.10. The Bertz CT molecular complexity index is 1060. The summed E-state index contributed by atoms with van der Waals surface area (Å²) in [4.78, 5) is 13.4. The van der Waals surface area contributed by atoms with E-state index < -0.39 is 12.4 Å². The van der Waals surface area contributed by atoms with Crippen molar-refractivity contribution in [2.75, 3.05) is 31.6 Å². The van der Waals surface area contributed by atoms with Gasteiger partial charge in [0.25, 0.3) is 0 Å². The van der Waals surface area contributed by atoms with Gasteiger partial charge in [0.2, 0.25) is 5.91 Å². The number of nitrogens with zero attached hydrogens (tertiary/aromatic N) is 2. The summed E-state index contributed by atoms with van der Waals surface area (Å²) >= 11 is 0. The molecule has 4 rings (SSSR count). The molecular formula is C23H25FN4O2. The molecule has 2 aliphatic heterocycles. The maximum absolute atomic E-state index is 13.8. The van der Waals surface area contributed by atoms with Gasteiger partial charge < -0.3 is 20.6 Å². The highest BCUT2D eigenvalue weighted by Crippen LogP contribution is 2.31. The van der Waals surface area contributed by atoms with Gasteiger partial charge in [0.05, 0.1) is 5.57 Å². The van der Waals surface area contributed by atoms with Crippen LogP contribution in [0.2, 0.25) is 0 Å². The number of piperidine rings is 1. The molecule has 0 saturated carbocycles. The first-order valence-corrected chi connectivity index (χ1v) is 10.3. The number of halogens is 1. The number of carbonyl (C=O) groups excluding carboxylic acids is 1. The fourth-order valence-corrected chi connectivity index (χ4v) is 4.30. The minimum absolute atomic E-state index is 0.0442. The summed E-state index contributed by atoms with van der Waals surface area (Å²) in [6.45, 7) is 1.54. The normalized spacial score (nSPS) is 21.1. The molecule has 0 spiro atoms. The maximum Gasteiger partial charge on any atom is 0.248 e. The van der Waals surface area contributed by atoms with Gasteiger partial charge in [-0.3, -0.25) is 4.79 Å². The lowest BCUT2D eigenvalue weighted by molar-refractivity contribution is -0.135. The first-order valence-electron chi connectivity index (χ1n) is 10.3. The minimum Gasteiger partial charge on any atom is -0.387 e. The van der Waals surface area contributed by atoms with Crippen molar-refractivity contribution >= 4 is 23.9 Å². The van der Waals surface area contributed by atoms with Gasteiger partial charge >= 0.3 is 0 Å². The summed E-state index contributed by atoms with van der Waals surface area (Å²) in [6.07, 6.45) is 9.46. The average molecular weight is 408 g/mol. The van der Waals surface area contributed by atoms with Gasteiger partial charge in [0.1, 0.15) is 18.5 Å². The molecule has 7 heteroatoms. The van der Waals surface area contributed by atoms with Crippen LogP contribution in [0.25, 0.3) is 12.3 Å². The molecular weight excluding hydrogens is 383 g/mol. The topological polar surface area (TPSA) is 88.4 Å². The summed E-state index contributed by atoms with van der Waals surface area (Å²) in [7, 11) is 0. The number of hydrogen-bond acceptors (Lipinski definition) is 5. The first kappa shape index (κ1) is 20.2. The largest absolute Gasteiger partial charge is 0.387 e. The van der Waals surface area contributed by atoms with E-state index in [0.29, 0.717) is 19.5 Å². The van der Waals surface area contributed by atoms with E-state index in [0.717, 1.165) is 41.1 Å². The SMILES string of the molecule is N#CC1=CC(c2cc(NC3CCN(C(=O)CO)CC3)c3c(c2)=CCNC=3)CC=C1F. The van der Waals surface area contributed by atoms with E-state index in [1.165, 1.54) is 6.08 Å². The van der Waals surface area contributed by atoms with Crippen LogP contribution < -0.4 is 21.1 Å². The minimum atomic E-state index is -0.446. The van der Waals surface area contributed by atoms with Crippen LogP contribution in [0.4, 0.5) is 10.1 Å². The molecule has 156 valence electrons. The number of fused-ring (bicyclic) bond motifs is 1. The second-order valence-corrected chi connectivity index (χ2v) is 7.87. The van der Waals surface area contributed by atoms with E-state index in [2.05, 4.69) is 28.8 Å². The highest BCUT2D eigenvalue weighted by Gasteiger charge is 2.23. The van der Waals surface area contributed by atoms with Gasteiger partial charge in [-0.15, -0.1) is 0 Å². The van der Waals surface area contributed by atoms with Crippen LogP contribution in [0.5, 0.6) is 0 Å². The number of hydrogen-bond donors (Lipinski definition) is 3. The molecule has 1 saturated heterocycles. The lowest BCUT2D eigenvalue weighted by Crippen LogP contribution is -2.44. The smallest absolute Gasteiger partial charge is 0.248 e. The number of allylic oxidation sites excluding steroid dienone is 4. The number of nitrogens with one attached hydrogen (secondary N) is 2. The molecule has 1 fully saturated rings. The molecule has 1 amide bonds. The van der Waals surface area contributed by atoms with E-state index in [9.17, 15) is 14.4 Å². The van der Waals surface area contributed by atoms with Crippen molar-refractivity contribution < 1.29 is 14.3 Å². The summed E-state index contributed by atoms with van der Waals surface area (Å²) in [5.41, 5.74) is 2.14. The molecule has 0 aromatic heterocycles. The van der Waals surface area contributed by atoms with E-state index in [1.807, 2.05) is 12.3 Å². The van der Waals surface area contributed by atoms with Crippen LogP contribution in [0.15, 0.2) is 35.7 Å². The van der Waals surface area contributed by atoms with Crippen LogP contribution in [0.1, 0.15) is 30.7 Å². The third-order valence-corrected chi connectivity index (χ3v) is 5.99. The van der Waals surface area contributed by atoms with E-state index >= 15 is 0 Å². The second-order valence-electron chi connectivity index (χ2n) is 7.87. The van der Waals surface area contributed by atoms with E-state index in [4.69, 9.17) is 5.11 Å². The monoisotopic (exact) mass is 408 g/mol. The number of carbonyl (C=O) groups is 1. The van der Waals surface area contributed by atoms with Crippen LogP contribution in [0, 0.1) is 11.3 Å². The molecule has 30 heavy (non-hydrogen) atoms. The Labute approximate surface area is 174 Å². The number of aliphatic hydroxyl groups excluding tert-OH is 1. The van der Waals surface area contributed by atoms with E-state index in [-0.39, 0.29) is 23.4 Å². The zero-order chi connectivity index (χ0) is 21.1. The highest BCUT2D eigenvalue weighted by molar-refractivity contribution is 5.77. The number of nitriles is 1. The lowest BCUT2D eigenvalue weighted by Gasteiger charge is -2.33. The number of likely N-dealkylation sites (tertiary alicyclic amines) is 1. The average Bonchev–Trinajstić information content (AvgIpc) is 2.79. The summed E-state index contributed by atoms with van der Waals surface area (Å²) in [5, 5.41) is 27.3. The Hall–Kier alpha value is -3.11. The van der Waals surface area contributed by atoms with Crippen molar-refractivity contribution in [2.45, 2.75) is 31.2 Å². The molecule has 1 aromatic rings. The van der Waals surface area contributed by atoms with Gasteiger partial charge in [-0.2, -0.15) is 5.26 Å². The Kier molecular flexibility index (Phi) is 5.86. The lowest BCUT2D eigenvalue weighted by atomic mass is 9.88. The van der Waals surface area contributed by atoms with Crippen molar-refractivity contribution in [1.82, 2.24) is 10.2 Å². The quantitative estimate of drug-likeness (QED) is 0.692. The van der Waals surface area contributed by atoms with Crippen molar-refractivity contribution in [1.29, 1.82) is 5.26 Å². The second kappa shape index (κ2) is 8.72. The molecule has 1 atom stereocenters. The maximum atomic E-state index is 13.8. The predicted molar refractivity (Wildman–Crippen MR) is 113 cm³/mol. The molecule has 1 unspecified atom stereocenters. The Morgan fingerprint density at radius 2 is 2.13 bits per heavy atom. The zero-order valence-corrected chi connectivity index (χ0v) is 16.7.